The van der Waals surface area contributed by atoms with E-state index in [1.807, 2.05) is 6.92 Å². The van der Waals surface area contributed by atoms with Crippen molar-refractivity contribution in [3.8, 4) is 0 Å². The molecule has 72 valence electrons. The molecule has 0 aromatic carbocycles. The molecule has 3 nitrogen and oxygen atoms in total. The Balaban J connectivity index is 2.34. The summed E-state index contributed by atoms with van der Waals surface area (Å²) in [6.45, 7) is 2.69. The molecule has 1 aliphatic carbocycles. The molecule has 0 amide bonds. The lowest BCUT2D eigenvalue weighted by atomic mass is 9.99. The predicted octanol–water partition coefficient (Wildman–Crippen LogP) is 1.13. The van der Waals surface area contributed by atoms with Crippen LogP contribution in [0.25, 0.3) is 0 Å². The number of rotatable bonds is 3. The lowest BCUT2D eigenvalue weighted by molar-refractivity contribution is 0.635. The topological polar surface area (TPSA) is 58.9 Å². The summed E-state index contributed by atoms with van der Waals surface area (Å²) in [5.74, 6) is 0. The van der Waals surface area contributed by atoms with Crippen molar-refractivity contribution in [2.75, 3.05) is 6.54 Å². The molecule has 1 aromatic heterocycles. The summed E-state index contributed by atoms with van der Waals surface area (Å²) in [6, 6.07) is 0. The minimum atomic E-state index is 0.0656. The molecule has 1 heterocycles. The van der Waals surface area contributed by atoms with Crippen molar-refractivity contribution in [1.82, 2.24) is 4.98 Å². The highest BCUT2D eigenvalue weighted by Gasteiger charge is 2.45. The van der Waals surface area contributed by atoms with Gasteiger partial charge >= 0.3 is 4.87 Å². The van der Waals surface area contributed by atoms with Crippen LogP contribution in [0.3, 0.4) is 0 Å². The van der Waals surface area contributed by atoms with Gasteiger partial charge in [0.25, 0.3) is 0 Å². The minimum absolute atomic E-state index is 0.0656. The number of aromatic amines is 1. The van der Waals surface area contributed by atoms with E-state index < -0.39 is 0 Å². The molecule has 0 saturated heterocycles. The molecule has 4 heteroatoms. The Hall–Kier alpha value is -0.610. The number of thiazole rings is 1. The van der Waals surface area contributed by atoms with Crippen molar-refractivity contribution < 1.29 is 0 Å². The van der Waals surface area contributed by atoms with Gasteiger partial charge in [0, 0.05) is 16.0 Å². The van der Waals surface area contributed by atoms with Crippen LogP contribution >= 0.6 is 11.3 Å². The number of nitrogens with one attached hydrogen (secondary N) is 1. The first-order valence-corrected chi connectivity index (χ1v) is 5.40. The van der Waals surface area contributed by atoms with Gasteiger partial charge in [0.05, 0.1) is 0 Å². The predicted molar refractivity (Wildman–Crippen MR) is 54.3 cm³/mol. The van der Waals surface area contributed by atoms with Crippen LogP contribution in [0.1, 0.15) is 29.8 Å². The van der Waals surface area contributed by atoms with Crippen LogP contribution < -0.4 is 10.6 Å². The lowest BCUT2D eigenvalue weighted by Gasteiger charge is -2.11. The van der Waals surface area contributed by atoms with E-state index in [2.05, 4.69) is 4.98 Å². The molecule has 1 aromatic rings. The highest BCUT2D eigenvalue weighted by Crippen LogP contribution is 2.52. The molecule has 1 saturated carbocycles. The Morgan fingerprint density at radius 2 is 2.31 bits per heavy atom. The number of hydrogen-bond donors (Lipinski definition) is 2. The molecule has 13 heavy (non-hydrogen) atoms. The smallest absolute Gasteiger partial charge is 0.304 e. The van der Waals surface area contributed by atoms with Crippen LogP contribution in [0.2, 0.25) is 0 Å². The van der Waals surface area contributed by atoms with Crippen LogP contribution in [-0.2, 0) is 5.41 Å². The zero-order valence-electron chi connectivity index (χ0n) is 7.72. The molecule has 0 radical (unpaired) electrons. The molecule has 0 atom stereocenters. The van der Waals surface area contributed by atoms with Crippen LogP contribution in [0.5, 0.6) is 0 Å². The normalized spacial score (nSPS) is 18.9. The molecule has 0 aliphatic heterocycles. The summed E-state index contributed by atoms with van der Waals surface area (Å²) in [5.41, 5.74) is 6.87. The minimum Gasteiger partial charge on any atom is -0.330 e. The first-order valence-electron chi connectivity index (χ1n) is 4.58. The van der Waals surface area contributed by atoms with Gasteiger partial charge in [-0.05, 0) is 32.7 Å². The molecule has 1 fully saturated rings. The Morgan fingerprint density at radius 3 is 2.69 bits per heavy atom. The number of aromatic nitrogens is 1. The van der Waals surface area contributed by atoms with E-state index >= 15 is 0 Å². The van der Waals surface area contributed by atoms with Crippen LogP contribution in [0.4, 0.5) is 0 Å². The fourth-order valence-electron chi connectivity index (χ4n) is 1.93. The highest BCUT2D eigenvalue weighted by atomic mass is 32.1. The van der Waals surface area contributed by atoms with Gasteiger partial charge in [-0.3, -0.25) is 4.79 Å². The monoisotopic (exact) mass is 198 g/mol. The van der Waals surface area contributed by atoms with E-state index in [-0.39, 0.29) is 10.3 Å². The average Bonchev–Trinajstić information content (AvgIpc) is 2.74. The maximum atomic E-state index is 11.1. The van der Waals surface area contributed by atoms with Crippen LogP contribution in [-0.4, -0.2) is 11.5 Å². The van der Waals surface area contributed by atoms with E-state index in [0.29, 0.717) is 6.54 Å². The van der Waals surface area contributed by atoms with Gasteiger partial charge in [-0.25, -0.2) is 0 Å². The SMILES string of the molecule is Cc1[nH]c(=O)sc1C1(CCN)CC1. The molecule has 0 bridgehead atoms. The number of nitrogens with two attached hydrogens (primary N) is 1. The van der Waals surface area contributed by atoms with Crippen molar-refractivity contribution in [1.29, 1.82) is 0 Å². The first-order chi connectivity index (χ1) is 6.18. The summed E-state index contributed by atoms with van der Waals surface area (Å²) in [4.78, 5) is 15.3. The van der Waals surface area contributed by atoms with Crippen molar-refractivity contribution in [2.24, 2.45) is 5.73 Å². The molecule has 0 unspecified atom stereocenters. The van der Waals surface area contributed by atoms with Crippen molar-refractivity contribution in [3.63, 3.8) is 0 Å². The van der Waals surface area contributed by atoms with Crippen molar-refractivity contribution in [3.05, 3.63) is 20.2 Å². The molecule has 0 spiro atoms. The fraction of sp³-hybridized carbons (Fsp3) is 0.667. The third-order valence-corrected chi connectivity index (χ3v) is 4.01. The second-order valence-electron chi connectivity index (χ2n) is 3.79. The number of H-pyrrole nitrogens is 1. The number of hydrogen-bond acceptors (Lipinski definition) is 3. The molecular formula is C9H14N2OS. The molecule has 1 aliphatic rings. The quantitative estimate of drug-likeness (QED) is 0.764. The first kappa shape index (κ1) is 8.97. The zero-order valence-corrected chi connectivity index (χ0v) is 8.54. The average molecular weight is 198 g/mol. The molecule has 2 rings (SSSR count). The van der Waals surface area contributed by atoms with Crippen molar-refractivity contribution >= 4 is 11.3 Å². The lowest BCUT2D eigenvalue weighted by Crippen LogP contribution is -2.13. The van der Waals surface area contributed by atoms with E-state index in [1.54, 1.807) is 0 Å². The molecule has 3 N–H and O–H groups in total. The Kier molecular flexibility index (Phi) is 2.04. The maximum Gasteiger partial charge on any atom is 0.304 e. The third-order valence-electron chi connectivity index (χ3n) is 2.78. The second-order valence-corrected chi connectivity index (χ2v) is 4.77. The van der Waals surface area contributed by atoms with Crippen molar-refractivity contribution in [2.45, 2.75) is 31.6 Å². The Morgan fingerprint density at radius 1 is 1.62 bits per heavy atom. The maximum absolute atomic E-state index is 11.1. The van der Waals surface area contributed by atoms with Gasteiger partial charge in [0.2, 0.25) is 0 Å². The summed E-state index contributed by atoms with van der Waals surface area (Å²) in [7, 11) is 0. The number of aryl methyl sites for hydroxylation is 1. The summed E-state index contributed by atoms with van der Waals surface area (Å²) >= 11 is 1.36. The fourth-order valence-corrected chi connectivity index (χ4v) is 3.04. The van der Waals surface area contributed by atoms with Gasteiger partial charge in [0.1, 0.15) is 0 Å². The summed E-state index contributed by atoms with van der Waals surface area (Å²) in [5, 5.41) is 0. The third kappa shape index (κ3) is 1.44. The molecular weight excluding hydrogens is 184 g/mol. The van der Waals surface area contributed by atoms with E-state index in [4.69, 9.17) is 5.73 Å². The van der Waals surface area contributed by atoms with E-state index in [0.717, 1.165) is 12.1 Å². The van der Waals surface area contributed by atoms with E-state index in [9.17, 15) is 4.79 Å². The van der Waals surface area contributed by atoms with Gasteiger partial charge in [-0.2, -0.15) is 0 Å². The Bertz CT molecular complexity index is 362. The zero-order chi connectivity index (χ0) is 9.47. The summed E-state index contributed by atoms with van der Waals surface area (Å²) in [6.07, 6.45) is 3.40. The largest absolute Gasteiger partial charge is 0.330 e. The summed E-state index contributed by atoms with van der Waals surface area (Å²) < 4.78 is 0. The second kappa shape index (κ2) is 2.96. The standard InChI is InChI=1S/C9H14N2OS/c1-6-7(13-8(12)11-6)9(2-3-9)4-5-10/h2-5,10H2,1H3,(H,11,12). The van der Waals surface area contributed by atoms with Crippen LogP contribution in [0.15, 0.2) is 4.79 Å². The van der Waals surface area contributed by atoms with Gasteiger partial charge in [-0.1, -0.05) is 11.3 Å². The Labute approximate surface area is 81.0 Å². The van der Waals surface area contributed by atoms with Gasteiger partial charge in [-0.15, -0.1) is 0 Å². The highest BCUT2D eigenvalue weighted by molar-refractivity contribution is 7.09. The van der Waals surface area contributed by atoms with Crippen LogP contribution in [0, 0.1) is 6.92 Å². The van der Waals surface area contributed by atoms with Gasteiger partial charge < -0.3 is 10.7 Å². The van der Waals surface area contributed by atoms with E-state index in [1.165, 1.54) is 29.1 Å². The van der Waals surface area contributed by atoms with Gasteiger partial charge in [0.15, 0.2) is 0 Å².